The molecule has 0 saturated carbocycles. The van der Waals surface area contributed by atoms with E-state index in [-0.39, 0.29) is 5.02 Å². The molecule has 0 radical (unpaired) electrons. The van der Waals surface area contributed by atoms with Crippen molar-refractivity contribution in [2.45, 2.75) is 13.0 Å². The van der Waals surface area contributed by atoms with Gasteiger partial charge in [-0.2, -0.15) is 0 Å². The fourth-order valence-electron chi connectivity index (χ4n) is 1.14. The number of hydrogen-bond acceptors (Lipinski definition) is 2. The molecule has 0 aliphatic heterocycles. The Balaban J connectivity index is 3.24. The topological polar surface area (TPSA) is 63.3 Å². The van der Waals surface area contributed by atoms with Crippen LogP contribution in [-0.2, 0) is 4.79 Å². The Labute approximate surface area is 85.3 Å². The monoisotopic (exact) mass is 217 g/mol. The summed E-state index contributed by atoms with van der Waals surface area (Å²) in [4.78, 5) is 10.6. The van der Waals surface area contributed by atoms with E-state index in [0.717, 1.165) is 6.07 Å². The third-order valence-corrected chi connectivity index (χ3v) is 2.45. The number of nitrogens with two attached hydrogens (primary N) is 1. The second kappa shape index (κ2) is 3.94. The van der Waals surface area contributed by atoms with Gasteiger partial charge in [-0.05, 0) is 24.1 Å². The summed E-state index contributed by atoms with van der Waals surface area (Å²) in [6.07, 6.45) is 0. The van der Waals surface area contributed by atoms with Crippen LogP contribution in [0.2, 0.25) is 5.02 Å². The molecule has 76 valence electrons. The van der Waals surface area contributed by atoms with Crippen molar-refractivity contribution in [1.29, 1.82) is 0 Å². The maximum atomic E-state index is 12.9. The Morgan fingerprint density at radius 1 is 1.64 bits per heavy atom. The molecule has 0 heterocycles. The van der Waals surface area contributed by atoms with E-state index in [1.54, 1.807) is 0 Å². The molecule has 1 atom stereocenters. The van der Waals surface area contributed by atoms with Crippen molar-refractivity contribution in [3.05, 3.63) is 34.1 Å². The Bertz CT molecular complexity index is 381. The quantitative estimate of drug-likeness (QED) is 0.795. The van der Waals surface area contributed by atoms with E-state index in [1.165, 1.54) is 13.0 Å². The number of hydrogen-bond donors (Lipinski definition) is 2. The summed E-state index contributed by atoms with van der Waals surface area (Å²) in [6.45, 7) is 1.53. The number of halogens is 2. The predicted molar refractivity (Wildman–Crippen MR) is 50.7 cm³/mol. The van der Waals surface area contributed by atoms with Gasteiger partial charge in [0.15, 0.2) is 0 Å². The van der Waals surface area contributed by atoms with E-state index < -0.39 is 17.8 Å². The van der Waals surface area contributed by atoms with Gasteiger partial charge >= 0.3 is 5.97 Å². The zero-order valence-corrected chi connectivity index (χ0v) is 8.18. The van der Waals surface area contributed by atoms with Gasteiger partial charge in [0.25, 0.3) is 0 Å². The largest absolute Gasteiger partial charge is 0.480 e. The van der Waals surface area contributed by atoms with Crippen molar-refractivity contribution < 1.29 is 14.3 Å². The first kappa shape index (κ1) is 10.9. The Hall–Kier alpha value is -1.13. The molecule has 1 aromatic rings. The maximum Gasteiger partial charge on any atom is 0.325 e. The minimum absolute atomic E-state index is 0.0841. The summed E-state index contributed by atoms with van der Waals surface area (Å²) in [7, 11) is 0. The highest BCUT2D eigenvalue weighted by atomic mass is 35.5. The summed E-state index contributed by atoms with van der Waals surface area (Å²) in [5.74, 6) is -1.75. The van der Waals surface area contributed by atoms with E-state index in [2.05, 4.69) is 0 Å². The molecule has 0 aromatic heterocycles. The molecule has 0 fully saturated rings. The van der Waals surface area contributed by atoms with Gasteiger partial charge in [-0.3, -0.25) is 4.79 Å². The van der Waals surface area contributed by atoms with Gasteiger partial charge in [0, 0.05) is 0 Å². The van der Waals surface area contributed by atoms with Crippen molar-refractivity contribution in [3.8, 4) is 0 Å². The highest BCUT2D eigenvalue weighted by molar-refractivity contribution is 6.31. The predicted octanol–water partition coefficient (Wildman–Crippen LogP) is 1.87. The molecule has 1 unspecified atom stereocenters. The molecule has 1 aromatic carbocycles. The highest BCUT2D eigenvalue weighted by Gasteiger charge is 2.18. The second-order valence-corrected chi connectivity index (χ2v) is 3.27. The number of benzene rings is 1. The third-order valence-electron chi connectivity index (χ3n) is 1.98. The van der Waals surface area contributed by atoms with Crippen molar-refractivity contribution >= 4 is 17.6 Å². The second-order valence-electron chi connectivity index (χ2n) is 2.89. The van der Waals surface area contributed by atoms with Crippen LogP contribution in [0.4, 0.5) is 4.39 Å². The Morgan fingerprint density at radius 2 is 2.21 bits per heavy atom. The number of carboxylic acids is 1. The molecule has 0 aliphatic rings. The minimum Gasteiger partial charge on any atom is -0.480 e. The molecule has 3 N–H and O–H groups in total. The SMILES string of the molecule is Cc1c(C(N)C(=O)O)ccc(F)c1Cl. The average Bonchev–Trinajstić information content (AvgIpc) is 2.13. The molecule has 0 saturated heterocycles. The molecule has 0 spiro atoms. The number of carbonyl (C=O) groups is 1. The Morgan fingerprint density at radius 3 is 2.71 bits per heavy atom. The van der Waals surface area contributed by atoms with Crippen molar-refractivity contribution in [1.82, 2.24) is 0 Å². The Kier molecular flexibility index (Phi) is 3.08. The van der Waals surface area contributed by atoms with Crippen molar-refractivity contribution in [2.24, 2.45) is 5.73 Å². The van der Waals surface area contributed by atoms with Crippen LogP contribution in [-0.4, -0.2) is 11.1 Å². The average molecular weight is 218 g/mol. The molecule has 14 heavy (non-hydrogen) atoms. The van der Waals surface area contributed by atoms with Gasteiger partial charge in [0.2, 0.25) is 0 Å². The first-order valence-corrected chi connectivity index (χ1v) is 4.26. The fourth-order valence-corrected chi connectivity index (χ4v) is 1.31. The molecule has 5 heteroatoms. The summed E-state index contributed by atoms with van der Waals surface area (Å²) in [6, 6.07) is 1.26. The van der Waals surface area contributed by atoms with Gasteiger partial charge in [-0.25, -0.2) is 4.39 Å². The lowest BCUT2D eigenvalue weighted by Gasteiger charge is -2.11. The lowest BCUT2D eigenvalue weighted by molar-refractivity contribution is -0.138. The van der Waals surface area contributed by atoms with Crippen LogP contribution < -0.4 is 5.73 Å². The van der Waals surface area contributed by atoms with Crippen LogP contribution >= 0.6 is 11.6 Å². The number of aliphatic carboxylic acids is 1. The van der Waals surface area contributed by atoms with Crippen LogP contribution in [0, 0.1) is 12.7 Å². The molecular formula is C9H9ClFNO2. The lowest BCUT2D eigenvalue weighted by atomic mass is 10.0. The minimum atomic E-state index is -1.17. The first-order valence-electron chi connectivity index (χ1n) is 3.88. The van der Waals surface area contributed by atoms with Gasteiger partial charge in [0.05, 0.1) is 5.02 Å². The molecule has 1 rings (SSSR count). The molecule has 0 aliphatic carbocycles. The summed E-state index contributed by atoms with van der Waals surface area (Å²) in [5, 5.41) is 8.57. The van der Waals surface area contributed by atoms with Crippen LogP contribution in [0.5, 0.6) is 0 Å². The van der Waals surface area contributed by atoms with E-state index in [9.17, 15) is 9.18 Å². The van der Waals surface area contributed by atoms with Gasteiger partial charge < -0.3 is 10.8 Å². The van der Waals surface area contributed by atoms with Gasteiger partial charge in [-0.1, -0.05) is 17.7 Å². The van der Waals surface area contributed by atoms with Crippen LogP contribution in [0.1, 0.15) is 17.2 Å². The third kappa shape index (κ3) is 1.86. The first-order chi connectivity index (χ1) is 6.45. The van der Waals surface area contributed by atoms with Crippen LogP contribution in [0.15, 0.2) is 12.1 Å². The summed E-state index contributed by atoms with van der Waals surface area (Å²) in [5.41, 5.74) is 6.06. The number of carboxylic acid groups (broad SMARTS) is 1. The van der Waals surface area contributed by atoms with Gasteiger partial charge in [0.1, 0.15) is 11.9 Å². The molecule has 0 bridgehead atoms. The van der Waals surface area contributed by atoms with Crippen LogP contribution in [0.25, 0.3) is 0 Å². The highest BCUT2D eigenvalue weighted by Crippen LogP contribution is 2.25. The van der Waals surface area contributed by atoms with E-state index in [1.807, 2.05) is 0 Å². The van der Waals surface area contributed by atoms with Crippen molar-refractivity contribution in [3.63, 3.8) is 0 Å². The maximum absolute atomic E-state index is 12.9. The van der Waals surface area contributed by atoms with E-state index in [0.29, 0.717) is 11.1 Å². The zero-order valence-electron chi connectivity index (χ0n) is 7.42. The molecule has 3 nitrogen and oxygen atoms in total. The summed E-state index contributed by atoms with van der Waals surface area (Å²) >= 11 is 5.61. The smallest absolute Gasteiger partial charge is 0.325 e. The van der Waals surface area contributed by atoms with E-state index in [4.69, 9.17) is 22.4 Å². The normalized spacial score (nSPS) is 12.6. The number of rotatable bonds is 2. The van der Waals surface area contributed by atoms with Gasteiger partial charge in [-0.15, -0.1) is 0 Å². The molecular weight excluding hydrogens is 209 g/mol. The van der Waals surface area contributed by atoms with Crippen molar-refractivity contribution in [2.75, 3.05) is 0 Å². The standard InChI is InChI=1S/C9H9ClFNO2/c1-4-5(8(12)9(13)14)2-3-6(11)7(4)10/h2-3,8H,12H2,1H3,(H,13,14). The molecule has 0 amide bonds. The lowest BCUT2D eigenvalue weighted by Crippen LogP contribution is -2.21. The van der Waals surface area contributed by atoms with E-state index >= 15 is 0 Å². The summed E-state index contributed by atoms with van der Waals surface area (Å²) < 4.78 is 12.9. The fraction of sp³-hybridized carbons (Fsp3) is 0.222. The zero-order chi connectivity index (χ0) is 10.9. The van der Waals surface area contributed by atoms with Crippen LogP contribution in [0.3, 0.4) is 0 Å².